The molecule has 23 heavy (non-hydrogen) atoms. The van der Waals surface area contributed by atoms with Crippen LogP contribution in [0.1, 0.15) is 36.5 Å². The molecule has 1 aromatic rings. The summed E-state index contributed by atoms with van der Waals surface area (Å²) in [6, 6.07) is 3.23. The Balaban J connectivity index is 2.11. The summed E-state index contributed by atoms with van der Waals surface area (Å²) in [5.74, 6) is -0.189. The highest BCUT2D eigenvalue weighted by atomic mass is 79.9. The van der Waals surface area contributed by atoms with Crippen molar-refractivity contribution in [2.75, 3.05) is 20.3 Å². The summed E-state index contributed by atoms with van der Waals surface area (Å²) in [6.07, 6.45) is 2.05. The van der Waals surface area contributed by atoms with Crippen molar-refractivity contribution in [2.45, 2.75) is 26.2 Å². The van der Waals surface area contributed by atoms with Crippen molar-refractivity contribution in [2.24, 2.45) is 5.41 Å². The number of carbonyl (C=O) groups excluding carboxylic acids is 1. The van der Waals surface area contributed by atoms with Gasteiger partial charge in [0, 0.05) is 12.1 Å². The molecule has 7 heteroatoms. The Morgan fingerprint density at radius 3 is 2.61 bits per heavy atom. The Labute approximate surface area is 143 Å². The number of hydrogen-bond donors (Lipinski definition) is 2. The maximum atomic E-state index is 12.3. The van der Waals surface area contributed by atoms with Gasteiger partial charge >= 0.3 is 5.97 Å². The molecule has 0 aromatic heterocycles. The van der Waals surface area contributed by atoms with Crippen LogP contribution in [0.2, 0.25) is 0 Å². The maximum absolute atomic E-state index is 12.3. The smallest absolute Gasteiger partial charge is 0.311 e. The van der Waals surface area contributed by atoms with Crippen LogP contribution in [0.25, 0.3) is 0 Å². The maximum Gasteiger partial charge on any atom is 0.311 e. The molecule has 1 aliphatic rings. The van der Waals surface area contributed by atoms with Gasteiger partial charge in [-0.2, -0.15) is 0 Å². The zero-order valence-electron chi connectivity index (χ0n) is 13.1. The number of benzene rings is 1. The van der Waals surface area contributed by atoms with Gasteiger partial charge in [0.15, 0.2) is 11.5 Å². The van der Waals surface area contributed by atoms with E-state index in [-0.39, 0.29) is 12.5 Å². The molecule has 1 amide bonds. The topological polar surface area (TPSA) is 84.9 Å². The summed E-state index contributed by atoms with van der Waals surface area (Å²) in [4.78, 5) is 23.4. The lowest BCUT2D eigenvalue weighted by atomic mass is 10.1. The Bertz CT molecular complexity index is 613. The molecule has 0 heterocycles. The monoisotopic (exact) mass is 385 g/mol. The van der Waals surface area contributed by atoms with Crippen LogP contribution in [0, 0.1) is 5.41 Å². The number of hydrogen-bond acceptors (Lipinski definition) is 4. The van der Waals surface area contributed by atoms with Crippen molar-refractivity contribution < 1.29 is 24.2 Å². The fourth-order valence-electron chi connectivity index (χ4n) is 2.16. The Morgan fingerprint density at radius 2 is 2.09 bits per heavy atom. The zero-order chi connectivity index (χ0) is 17.0. The summed E-state index contributed by atoms with van der Waals surface area (Å²) >= 11 is 3.38. The van der Waals surface area contributed by atoms with Gasteiger partial charge in [0.1, 0.15) is 0 Å². The van der Waals surface area contributed by atoms with E-state index in [1.807, 2.05) is 6.92 Å². The third-order valence-electron chi connectivity index (χ3n) is 3.84. The van der Waals surface area contributed by atoms with Crippen LogP contribution in [0.5, 0.6) is 11.5 Å². The molecule has 0 saturated heterocycles. The lowest BCUT2D eigenvalue weighted by molar-refractivity contribution is -0.143. The molecule has 1 aliphatic carbocycles. The first-order chi connectivity index (χ1) is 10.9. The number of nitrogens with one attached hydrogen (secondary N) is 1. The van der Waals surface area contributed by atoms with Crippen LogP contribution < -0.4 is 14.8 Å². The Kier molecular flexibility index (Phi) is 5.51. The average molecular weight is 386 g/mol. The minimum Gasteiger partial charge on any atom is -0.493 e. The van der Waals surface area contributed by atoms with E-state index in [0.29, 0.717) is 41.0 Å². The van der Waals surface area contributed by atoms with E-state index in [1.54, 1.807) is 12.1 Å². The molecule has 0 unspecified atom stereocenters. The standard InChI is InChI=1S/C16H20BrNO5/c1-3-6-23-13-11(17)7-10(8-12(13)22-2)14(19)18-9-16(4-5-16)15(20)21/h7-8H,3-6,9H2,1-2H3,(H,18,19)(H,20,21). The highest BCUT2D eigenvalue weighted by molar-refractivity contribution is 9.10. The zero-order valence-corrected chi connectivity index (χ0v) is 14.7. The van der Waals surface area contributed by atoms with Gasteiger partial charge in [-0.25, -0.2) is 0 Å². The summed E-state index contributed by atoms with van der Waals surface area (Å²) in [5, 5.41) is 11.8. The quantitative estimate of drug-likeness (QED) is 0.718. The van der Waals surface area contributed by atoms with Gasteiger partial charge in [-0.05, 0) is 47.3 Å². The normalized spacial score (nSPS) is 14.9. The fraction of sp³-hybridized carbons (Fsp3) is 0.500. The van der Waals surface area contributed by atoms with Crippen LogP contribution in [0.15, 0.2) is 16.6 Å². The molecule has 2 N–H and O–H groups in total. The van der Waals surface area contributed by atoms with Gasteiger partial charge in [0.25, 0.3) is 5.91 Å². The number of methoxy groups -OCH3 is 1. The number of amides is 1. The Hall–Kier alpha value is -1.76. The van der Waals surface area contributed by atoms with E-state index >= 15 is 0 Å². The second-order valence-electron chi connectivity index (χ2n) is 5.61. The largest absolute Gasteiger partial charge is 0.493 e. The van der Waals surface area contributed by atoms with Gasteiger partial charge in [0.2, 0.25) is 0 Å². The molecule has 0 atom stereocenters. The van der Waals surface area contributed by atoms with Crippen LogP contribution in [0.3, 0.4) is 0 Å². The SMILES string of the molecule is CCCOc1c(Br)cc(C(=O)NCC2(C(=O)O)CC2)cc1OC. The van der Waals surface area contributed by atoms with Gasteiger partial charge in [-0.3, -0.25) is 9.59 Å². The van der Waals surface area contributed by atoms with Crippen molar-refractivity contribution in [1.29, 1.82) is 0 Å². The summed E-state index contributed by atoms with van der Waals surface area (Å²) in [5.41, 5.74) is -0.403. The highest BCUT2D eigenvalue weighted by Gasteiger charge is 2.50. The second kappa shape index (κ2) is 7.21. The molecule has 0 aliphatic heterocycles. The number of carboxylic acids is 1. The average Bonchev–Trinajstić information content (AvgIpc) is 3.32. The molecule has 1 aromatic carbocycles. The predicted molar refractivity (Wildman–Crippen MR) is 88.1 cm³/mol. The van der Waals surface area contributed by atoms with Crippen LogP contribution in [-0.2, 0) is 4.79 Å². The lowest BCUT2D eigenvalue weighted by Crippen LogP contribution is -2.34. The minimum absolute atomic E-state index is 0.134. The third-order valence-corrected chi connectivity index (χ3v) is 4.43. The van der Waals surface area contributed by atoms with E-state index in [0.717, 1.165) is 6.42 Å². The molecule has 0 bridgehead atoms. The number of aliphatic carboxylic acids is 1. The number of carboxylic acid groups (broad SMARTS) is 1. The number of rotatable bonds is 8. The van der Waals surface area contributed by atoms with Crippen molar-refractivity contribution in [3.8, 4) is 11.5 Å². The van der Waals surface area contributed by atoms with Gasteiger partial charge in [-0.1, -0.05) is 6.92 Å². The first-order valence-corrected chi connectivity index (χ1v) is 8.25. The Morgan fingerprint density at radius 1 is 1.39 bits per heavy atom. The van der Waals surface area contributed by atoms with Crippen LogP contribution in [-0.4, -0.2) is 37.2 Å². The predicted octanol–water partition coefficient (Wildman–Crippen LogP) is 2.84. The molecule has 1 saturated carbocycles. The summed E-state index contributed by atoms with van der Waals surface area (Å²) < 4.78 is 11.5. The van der Waals surface area contributed by atoms with Gasteiger partial charge in [-0.15, -0.1) is 0 Å². The molecular weight excluding hydrogens is 366 g/mol. The van der Waals surface area contributed by atoms with E-state index < -0.39 is 11.4 Å². The van der Waals surface area contributed by atoms with Crippen molar-refractivity contribution in [1.82, 2.24) is 5.32 Å². The number of carbonyl (C=O) groups is 2. The van der Waals surface area contributed by atoms with E-state index in [1.165, 1.54) is 7.11 Å². The van der Waals surface area contributed by atoms with Crippen molar-refractivity contribution >= 4 is 27.8 Å². The summed E-state index contributed by atoms with van der Waals surface area (Å²) in [6.45, 7) is 2.68. The molecular formula is C16H20BrNO5. The van der Waals surface area contributed by atoms with Crippen molar-refractivity contribution in [3.63, 3.8) is 0 Å². The number of ether oxygens (including phenoxy) is 2. The molecule has 2 rings (SSSR count). The number of halogens is 1. The third kappa shape index (κ3) is 3.96. The minimum atomic E-state index is -0.861. The molecule has 126 valence electrons. The van der Waals surface area contributed by atoms with E-state index in [4.69, 9.17) is 14.6 Å². The molecule has 6 nitrogen and oxygen atoms in total. The molecule has 0 radical (unpaired) electrons. The second-order valence-corrected chi connectivity index (χ2v) is 6.46. The van der Waals surface area contributed by atoms with Crippen LogP contribution >= 0.6 is 15.9 Å². The first-order valence-electron chi connectivity index (χ1n) is 7.45. The van der Waals surface area contributed by atoms with Gasteiger partial charge < -0.3 is 19.9 Å². The lowest BCUT2D eigenvalue weighted by Gasteiger charge is -2.15. The highest BCUT2D eigenvalue weighted by Crippen LogP contribution is 2.45. The van der Waals surface area contributed by atoms with Crippen molar-refractivity contribution in [3.05, 3.63) is 22.2 Å². The van der Waals surface area contributed by atoms with E-state index in [9.17, 15) is 9.59 Å². The molecule has 1 fully saturated rings. The van der Waals surface area contributed by atoms with E-state index in [2.05, 4.69) is 21.2 Å². The van der Waals surface area contributed by atoms with Crippen LogP contribution in [0.4, 0.5) is 0 Å². The summed E-state index contributed by atoms with van der Waals surface area (Å²) in [7, 11) is 1.51. The fourth-order valence-corrected chi connectivity index (χ4v) is 2.72. The molecule has 0 spiro atoms. The van der Waals surface area contributed by atoms with Gasteiger partial charge in [0.05, 0.1) is 23.6 Å². The first kappa shape index (κ1) is 17.6.